The maximum absolute atomic E-state index is 5.91. The molecular formula is C13H17ClN6. The van der Waals surface area contributed by atoms with Crippen LogP contribution in [0, 0.1) is 6.92 Å². The fourth-order valence-electron chi connectivity index (χ4n) is 1.75. The van der Waals surface area contributed by atoms with Crippen molar-refractivity contribution in [3.8, 4) is 0 Å². The third-order valence-corrected chi connectivity index (χ3v) is 2.79. The Bertz CT molecular complexity index is 589. The summed E-state index contributed by atoms with van der Waals surface area (Å²) in [4.78, 5) is 18.8. The average Bonchev–Trinajstić information content (AvgIpc) is 2.38. The quantitative estimate of drug-likeness (QED) is 0.912. The van der Waals surface area contributed by atoms with Crippen molar-refractivity contribution in [1.82, 2.24) is 19.9 Å². The summed E-state index contributed by atoms with van der Waals surface area (Å²) >= 11 is 5.91. The molecule has 0 aliphatic heterocycles. The van der Waals surface area contributed by atoms with Crippen molar-refractivity contribution in [2.24, 2.45) is 0 Å². The van der Waals surface area contributed by atoms with E-state index in [0.717, 1.165) is 17.9 Å². The average molecular weight is 293 g/mol. The Morgan fingerprint density at radius 3 is 2.70 bits per heavy atom. The third kappa shape index (κ3) is 3.77. The molecule has 106 valence electrons. The van der Waals surface area contributed by atoms with Gasteiger partial charge in [0, 0.05) is 19.3 Å². The minimum atomic E-state index is 0.176. The van der Waals surface area contributed by atoms with E-state index in [0.29, 0.717) is 18.4 Å². The van der Waals surface area contributed by atoms with Gasteiger partial charge in [-0.05, 0) is 37.6 Å². The number of pyridine rings is 1. The summed E-state index contributed by atoms with van der Waals surface area (Å²) in [6.45, 7) is 5.26. The predicted molar refractivity (Wildman–Crippen MR) is 80.1 cm³/mol. The van der Waals surface area contributed by atoms with Gasteiger partial charge in [-0.2, -0.15) is 15.0 Å². The highest BCUT2D eigenvalue weighted by molar-refractivity contribution is 6.28. The van der Waals surface area contributed by atoms with Crippen LogP contribution in [0.1, 0.15) is 18.3 Å². The van der Waals surface area contributed by atoms with Gasteiger partial charge in [0.25, 0.3) is 0 Å². The Labute approximate surface area is 123 Å². The molecule has 0 saturated carbocycles. The van der Waals surface area contributed by atoms with E-state index in [1.807, 2.05) is 44.0 Å². The minimum Gasteiger partial charge on any atom is -0.354 e. The van der Waals surface area contributed by atoms with E-state index in [2.05, 4.69) is 25.3 Å². The molecule has 0 spiro atoms. The van der Waals surface area contributed by atoms with Crippen LogP contribution in [0.2, 0.25) is 5.28 Å². The van der Waals surface area contributed by atoms with Gasteiger partial charge in [-0.15, -0.1) is 0 Å². The number of halogens is 1. The molecule has 20 heavy (non-hydrogen) atoms. The number of nitrogens with zero attached hydrogens (tertiary/aromatic N) is 5. The first-order valence-corrected chi connectivity index (χ1v) is 6.75. The number of aromatic nitrogens is 4. The van der Waals surface area contributed by atoms with Crippen LogP contribution in [0.5, 0.6) is 0 Å². The normalized spacial score (nSPS) is 10.4. The highest BCUT2D eigenvalue weighted by atomic mass is 35.5. The van der Waals surface area contributed by atoms with Gasteiger partial charge in [-0.25, -0.2) is 0 Å². The molecule has 2 aromatic heterocycles. The molecule has 1 N–H and O–H groups in total. The zero-order valence-corrected chi connectivity index (χ0v) is 12.5. The number of anilines is 2. The topological polar surface area (TPSA) is 66.8 Å². The van der Waals surface area contributed by atoms with Crippen molar-refractivity contribution in [2.45, 2.75) is 20.4 Å². The van der Waals surface area contributed by atoms with Crippen LogP contribution in [0.25, 0.3) is 0 Å². The molecule has 0 aliphatic rings. The fraction of sp³-hybridized carbons (Fsp3) is 0.385. The molecule has 0 aromatic carbocycles. The molecule has 0 fully saturated rings. The van der Waals surface area contributed by atoms with Crippen LogP contribution >= 0.6 is 11.6 Å². The number of rotatable bonds is 5. The van der Waals surface area contributed by atoms with Crippen molar-refractivity contribution in [2.75, 3.05) is 23.8 Å². The summed E-state index contributed by atoms with van der Waals surface area (Å²) in [6, 6.07) is 5.92. The van der Waals surface area contributed by atoms with E-state index in [1.165, 1.54) is 0 Å². The van der Waals surface area contributed by atoms with Crippen LogP contribution < -0.4 is 10.2 Å². The lowest BCUT2D eigenvalue weighted by Gasteiger charge is -2.17. The maximum Gasteiger partial charge on any atom is 0.231 e. The number of nitrogens with one attached hydrogen (secondary N) is 1. The molecule has 2 aromatic rings. The lowest BCUT2D eigenvalue weighted by molar-refractivity contribution is 0.826. The molecule has 0 unspecified atom stereocenters. The number of hydrogen-bond acceptors (Lipinski definition) is 6. The molecule has 0 atom stereocenters. The Morgan fingerprint density at radius 1 is 1.20 bits per heavy atom. The van der Waals surface area contributed by atoms with Crippen LogP contribution in [0.4, 0.5) is 11.9 Å². The lowest BCUT2D eigenvalue weighted by atomic mass is 10.3. The van der Waals surface area contributed by atoms with Crippen LogP contribution in [-0.2, 0) is 6.54 Å². The van der Waals surface area contributed by atoms with E-state index >= 15 is 0 Å². The van der Waals surface area contributed by atoms with Gasteiger partial charge in [0.05, 0.1) is 12.2 Å². The molecule has 2 heterocycles. The Hall–Kier alpha value is -1.95. The summed E-state index contributed by atoms with van der Waals surface area (Å²) in [6.07, 6.45) is 0. The molecule has 0 bridgehead atoms. The Morgan fingerprint density at radius 2 is 2.00 bits per heavy atom. The Balaban J connectivity index is 2.18. The van der Waals surface area contributed by atoms with Gasteiger partial charge in [0.2, 0.25) is 17.2 Å². The van der Waals surface area contributed by atoms with Crippen molar-refractivity contribution in [3.05, 3.63) is 34.9 Å². The zero-order chi connectivity index (χ0) is 14.5. The van der Waals surface area contributed by atoms with Gasteiger partial charge in [0.15, 0.2) is 0 Å². The van der Waals surface area contributed by atoms with Crippen LogP contribution in [0.15, 0.2) is 18.2 Å². The summed E-state index contributed by atoms with van der Waals surface area (Å²) in [5.74, 6) is 0.996. The third-order valence-electron chi connectivity index (χ3n) is 2.62. The van der Waals surface area contributed by atoms with Gasteiger partial charge in [-0.1, -0.05) is 6.07 Å². The molecule has 2 rings (SSSR count). The van der Waals surface area contributed by atoms with Crippen molar-refractivity contribution in [3.63, 3.8) is 0 Å². The summed E-state index contributed by atoms with van der Waals surface area (Å²) in [5.41, 5.74) is 1.94. The second kappa shape index (κ2) is 6.47. The largest absolute Gasteiger partial charge is 0.354 e. The van der Waals surface area contributed by atoms with Gasteiger partial charge < -0.3 is 10.2 Å². The van der Waals surface area contributed by atoms with E-state index in [-0.39, 0.29) is 5.28 Å². The summed E-state index contributed by atoms with van der Waals surface area (Å²) in [5, 5.41) is 3.20. The smallest absolute Gasteiger partial charge is 0.231 e. The zero-order valence-electron chi connectivity index (χ0n) is 11.8. The monoisotopic (exact) mass is 292 g/mol. The standard InChI is InChI=1S/C13H17ClN6/c1-4-15-12-17-11(14)18-13(19-12)20(3)8-10-7-5-6-9(2)16-10/h5-7H,4,8H2,1-3H3,(H,15,17,18,19). The van der Waals surface area contributed by atoms with Crippen LogP contribution in [0.3, 0.4) is 0 Å². The first-order chi connectivity index (χ1) is 9.58. The highest BCUT2D eigenvalue weighted by Crippen LogP contribution is 2.14. The van der Waals surface area contributed by atoms with E-state index in [1.54, 1.807) is 0 Å². The molecule has 0 radical (unpaired) electrons. The van der Waals surface area contributed by atoms with Crippen molar-refractivity contribution >= 4 is 23.5 Å². The molecule has 6 nitrogen and oxygen atoms in total. The minimum absolute atomic E-state index is 0.176. The van der Waals surface area contributed by atoms with Gasteiger partial charge in [-0.3, -0.25) is 4.98 Å². The second-order valence-electron chi connectivity index (χ2n) is 4.38. The SMILES string of the molecule is CCNc1nc(Cl)nc(N(C)Cc2cccc(C)n2)n1. The Kier molecular flexibility index (Phi) is 4.68. The van der Waals surface area contributed by atoms with E-state index < -0.39 is 0 Å². The lowest BCUT2D eigenvalue weighted by Crippen LogP contribution is -2.21. The molecular weight excluding hydrogens is 276 g/mol. The second-order valence-corrected chi connectivity index (χ2v) is 4.72. The first-order valence-electron chi connectivity index (χ1n) is 6.37. The number of aryl methyl sites for hydroxylation is 1. The van der Waals surface area contributed by atoms with E-state index in [9.17, 15) is 0 Å². The summed E-state index contributed by atoms with van der Waals surface area (Å²) in [7, 11) is 1.89. The predicted octanol–water partition coefficient (Wildman–Crippen LogP) is 2.30. The van der Waals surface area contributed by atoms with E-state index in [4.69, 9.17) is 11.6 Å². The fourth-order valence-corrected chi connectivity index (χ4v) is 1.90. The summed E-state index contributed by atoms with van der Waals surface area (Å²) < 4.78 is 0. The van der Waals surface area contributed by atoms with Crippen LogP contribution in [-0.4, -0.2) is 33.5 Å². The van der Waals surface area contributed by atoms with Crippen molar-refractivity contribution in [1.29, 1.82) is 0 Å². The number of hydrogen-bond donors (Lipinski definition) is 1. The van der Waals surface area contributed by atoms with Crippen molar-refractivity contribution < 1.29 is 0 Å². The molecule has 7 heteroatoms. The molecule has 0 saturated heterocycles. The maximum atomic E-state index is 5.91. The molecule has 0 amide bonds. The highest BCUT2D eigenvalue weighted by Gasteiger charge is 2.10. The molecule has 0 aliphatic carbocycles. The first kappa shape index (κ1) is 14.5. The van der Waals surface area contributed by atoms with Gasteiger partial charge >= 0.3 is 0 Å². The van der Waals surface area contributed by atoms with Gasteiger partial charge in [0.1, 0.15) is 0 Å².